The van der Waals surface area contributed by atoms with Crippen molar-refractivity contribution < 1.29 is 4.79 Å². The summed E-state index contributed by atoms with van der Waals surface area (Å²) in [6, 6.07) is 12.5. The predicted molar refractivity (Wildman–Crippen MR) is 101 cm³/mol. The second-order valence-corrected chi connectivity index (χ2v) is 7.79. The smallest absolute Gasteiger partial charge is 0.264 e. The largest absolute Gasteiger partial charge is 0.336 e. The zero-order chi connectivity index (χ0) is 15.8. The van der Waals surface area contributed by atoms with Crippen LogP contribution in [-0.2, 0) is 12.8 Å². The summed E-state index contributed by atoms with van der Waals surface area (Å²) in [5.74, 6) is 0.410. The fourth-order valence-electron chi connectivity index (χ4n) is 3.80. The number of hydrogen-bond acceptors (Lipinski definition) is 3. The van der Waals surface area contributed by atoms with Gasteiger partial charge < -0.3 is 10.6 Å². The second-order valence-electron chi connectivity index (χ2n) is 6.66. The number of hydrogen-bond donors (Lipinski definition) is 1. The molecular formula is C19H23ClN2OS. The first-order chi connectivity index (χ1) is 11.2. The Morgan fingerprint density at radius 2 is 1.88 bits per heavy atom. The van der Waals surface area contributed by atoms with Crippen molar-refractivity contribution >= 4 is 29.7 Å². The maximum atomic E-state index is 12.9. The van der Waals surface area contributed by atoms with Gasteiger partial charge in [-0.1, -0.05) is 30.3 Å². The van der Waals surface area contributed by atoms with Crippen LogP contribution in [0.15, 0.2) is 36.4 Å². The van der Waals surface area contributed by atoms with E-state index in [-0.39, 0.29) is 30.3 Å². The van der Waals surface area contributed by atoms with E-state index in [1.807, 2.05) is 23.1 Å². The molecule has 2 N–H and O–H groups in total. The number of carbonyl (C=O) groups excluding carboxylic acids is 1. The molecule has 0 saturated carbocycles. The molecule has 1 aliphatic heterocycles. The van der Waals surface area contributed by atoms with Gasteiger partial charge in [-0.2, -0.15) is 0 Å². The number of aryl methyl sites for hydroxylation is 2. The topological polar surface area (TPSA) is 46.3 Å². The Balaban J connectivity index is 0.00000169. The molecule has 2 aromatic rings. The lowest BCUT2D eigenvalue weighted by Crippen LogP contribution is -2.31. The number of carbonyl (C=O) groups is 1. The van der Waals surface area contributed by atoms with Gasteiger partial charge in [-0.15, -0.1) is 23.7 Å². The molecule has 24 heavy (non-hydrogen) atoms. The lowest BCUT2D eigenvalue weighted by Gasteiger charge is -2.15. The zero-order valence-corrected chi connectivity index (χ0v) is 15.2. The fourth-order valence-corrected chi connectivity index (χ4v) is 5.02. The molecule has 4 rings (SSSR count). The van der Waals surface area contributed by atoms with Crippen molar-refractivity contribution in [2.24, 2.45) is 5.73 Å². The Morgan fingerprint density at radius 1 is 1.12 bits per heavy atom. The molecule has 1 fully saturated rings. The van der Waals surface area contributed by atoms with Crippen molar-refractivity contribution in [1.82, 2.24) is 4.90 Å². The van der Waals surface area contributed by atoms with Crippen molar-refractivity contribution in [3.05, 3.63) is 57.3 Å². The summed E-state index contributed by atoms with van der Waals surface area (Å²) >= 11 is 1.70. The SMILES string of the molecule is Cl.N[C@@H]1CN(C(=O)c2cc3c(s2)CCCC3)C[C@H]1c1ccccc1. The van der Waals surface area contributed by atoms with Gasteiger partial charge >= 0.3 is 0 Å². The number of halogens is 1. The van der Waals surface area contributed by atoms with Gasteiger partial charge in [0.2, 0.25) is 0 Å². The van der Waals surface area contributed by atoms with Crippen LogP contribution < -0.4 is 5.73 Å². The molecule has 2 aliphatic rings. The highest BCUT2D eigenvalue weighted by molar-refractivity contribution is 7.14. The van der Waals surface area contributed by atoms with E-state index in [0.717, 1.165) is 24.3 Å². The highest BCUT2D eigenvalue weighted by Gasteiger charge is 2.35. The third-order valence-electron chi connectivity index (χ3n) is 5.09. The van der Waals surface area contributed by atoms with E-state index in [1.54, 1.807) is 11.3 Å². The van der Waals surface area contributed by atoms with Crippen molar-refractivity contribution in [2.75, 3.05) is 13.1 Å². The van der Waals surface area contributed by atoms with E-state index >= 15 is 0 Å². The van der Waals surface area contributed by atoms with Gasteiger partial charge in [-0.05, 0) is 42.9 Å². The summed E-state index contributed by atoms with van der Waals surface area (Å²) in [5, 5.41) is 0. The van der Waals surface area contributed by atoms with Crippen molar-refractivity contribution in [1.29, 1.82) is 0 Å². The molecule has 2 atom stereocenters. The van der Waals surface area contributed by atoms with Crippen molar-refractivity contribution in [3.63, 3.8) is 0 Å². The summed E-state index contributed by atoms with van der Waals surface area (Å²) in [4.78, 5) is 17.1. The summed E-state index contributed by atoms with van der Waals surface area (Å²) in [7, 11) is 0. The maximum absolute atomic E-state index is 12.9. The fraction of sp³-hybridized carbons (Fsp3) is 0.421. The minimum atomic E-state index is 0. The van der Waals surface area contributed by atoms with Gasteiger partial charge in [0.1, 0.15) is 0 Å². The molecule has 3 nitrogen and oxygen atoms in total. The number of benzene rings is 1. The molecule has 0 unspecified atom stereocenters. The molecular weight excluding hydrogens is 340 g/mol. The lowest BCUT2D eigenvalue weighted by molar-refractivity contribution is 0.0794. The van der Waals surface area contributed by atoms with Crippen LogP contribution in [0.1, 0.15) is 44.4 Å². The van der Waals surface area contributed by atoms with Gasteiger partial charge in [0.15, 0.2) is 0 Å². The molecule has 0 spiro atoms. The number of fused-ring (bicyclic) bond motifs is 1. The average Bonchev–Trinajstić information content (AvgIpc) is 3.18. The molecule has 1 aromatic carbocycles. The Labute approximate surface area is 153 Å². The number of amides is 1. The first-order valence-corrected chi connectivity index (χ1v) is 9.25. The van der Waals surface area contributed by atoms with Crippen LogP contribution in [-0.4, -0.2) is 29.9 Å². The minimum Gasteiger partial charge on any atom is -0.336 e. The number of thiophene rings is 1. The van der Waals surface area contributed by atoms with Crippen LogP contribution in [0.4, 0.5) is 0 Å². The normalized spacial score (nSPS) is 22.8. The van der Waals surface area contributed by atoms with E-state index in [1.165, 1.54) is 28.8 Å². The van der Waals surface area contributed by atoms with Crippen LogP contribution in [0.25, 0.3) is 0 Å². The molecule has 1 aliphatic carbocycles. The van der Waals surface area contributed by atoms with E-state index < -0.39 is 0 Å². The van der Waals surface area contributed by atoms with Gasteiger partial charge in [0.05, 0.1) is 4.88 Å². The Bertz CT molecular complexity index is 692. The molecule has 1 aromatic heterocycles. The van der Waals surface area contributed by atoms with Crippen molar-refractivity contribution in [2.45, 2.75) is 37.6 Å². The number of nitrogens with two attached hydrogens (primary N) is 1. The Kier molecular flexibility index (Phi) is 5.28. The Hall–Kier alpha value is -1.36. The second kappa shape index (κ2) is 7.26. The number of rotatable bonds is 2. The monoisotopic (exact) mass is 362 g/mol. The lowest BCUT2D eigenvalue weighted by atomic mass is 9.95. The zero-order valence-electron chi connectivity index (χ0n) is 13.6. The van der Waals surface area contributed by atoms with Crippen LogP contribution in [0.2, 0.25) is 0 Å². The molecule has 1 amide bonds. The predicted octanol–water partition coefficient (Wildman–Crippen LogP) is 3.62. The molecule has 5 heteroatoms. The summed E-state index contributed by atoms with van der Waals surface area (Å²) < 4.78 is 0. The van der Waals surface area contributed by atoms with Crippen LogP contribution in [0.3, 0.4) is 0 Å². The molecule has 1 saturated heterocycles. The minimum absolute atomic E-state index is 0. The van der Waals surface area contributed by atoms with Gasteiger partial charge in [0, 0.05) is 29.9 Å². The third-order valence-corrected chi connectivity index (χ3v) is 6.31. The van der Waals surface area contributed by atoms with E-state index in [2.05, 4.69) is 18.2 Å². The standard InChI is InChI=1S/C19H22N2OS.ClH/c20-16-12-21(11-15(16)13-6-2-1-3-7-13)19(22)18-10-14-8-4-5-9-17(14)23-18;/h1-3,6-7,10,15-16H,4-5,8-9,11-12,20H2;1H/t15-,16+;/m0./s1. The van der Waals surface area contributed by atoms with Gasteiger partial charge in [0.25, 0.3) is 5.91 Å². The van der Waals surface area contributed by atoms with Crippen LogP contribution in [0.5, 0.6) is 0 Å². The first-order valence-electron chi connectivity index (χ1n) is 8.44. The quantitative estimate of drug-likeness (QED) is 0.886. The van der Waals surface area contributed by atoms with Gasteiger partial charge in [-0.3, -0.25) is 4.79 Å². The molecule has 128 valence electrons. The molecule has 0 radical (unpaired) electrons. The molecule has 2 heterocycles. The number of nitrogens with zero attached hydrogens (tertiary/aromatic N) is 1. The maximum Gasteiger partial charge on any atom is 0.264 e. The summed E-state index contributed by atoms with van der Waals surface area (Å²) in [5.41, 5.74) is 8.96. The molecule has 0 bridgehead atoms. The van der Waals surface area contributed by atoms with E-state index in [0.29, 0.717) is 6.54 Å². The average molecular weight is 363 g/mol. The van der Waals surface area contributed by atoms with Crippen molar-refractivity contribution in [3.8, 4) is 0 Å². The highest BCUT2D eigenvalue weighted by Crippen LogP contribution is 2.32. The summed E-state index contributed by atoms with van der Waals surface area (Å²) in [6.45, 7) is 1.38. The van der Waals surface area contributed by atoms with E-state index in [9.17, 15) is 4.79 Å². The van der Waals surface area contributed by atoms with Gasteiger partial charge in [-0.25, -0.2) is 0 Å². The first kappa shape index (κ1) is 17.5. The third kappa shape index (κ3) is 3.23. The Morgan fingerprint density at radius 3 is 2.62 bits per heavy atom. The van der Waals surface area contributed by atoms with Crippen LogP contribution in [0, 0.1) is 0 Å². The highest BCUT2D eigenvalue weighted by atomic mass is 35.5. The summed E-state index contributed by atoms with van der Waals surface area (Å²) in [6.07, 6.45) is 4.78. The number of likely N-dealkylation sites (tertiary alicyclic amines) is 1. The van der Waals surface area contributed by atoms with Crippen LogP contribution >= 0.6 is 23.7 Å². The van der Waals surface area contributed by atoms with E-state index in [4.69, 9.17) is 5.73 Å².